The molecule has 1 aliphatic rings. The number of hydrogen-bond acceptors (Lipinski definition) is 3. The van der Waals surface area contributed by atoms with E-state index in [1.165, 1.54) is 23.6 Å². The van der Waals surface area contributed by atoms with E-state index < -0.39 is 0 Å². The average molecular weight is 320 g/mol. The zero-order valence-electron chi connectivity index (χ0n) is 11.1. The van der Waals surface area contributed by atoms with Crippen LogP contribution in [-0.2, 0) is 0 Å². The lowest BCUT2D eigenvalue weighted by Crippen LogP contribution is -2.36. The number of fused-ring (bicyclic) bond motifs is 1. The van der Waals surface area contributed by atoms with Crippen molar-refractivity contribution in [3.63, 3.8) is 0 Å². The molecule has 0 saturated carbocycles. The van der Waals surface area contributed by atoms with Crippen molar-refractivity contribution in [1.29, 1.82) is 0 Å². The van der Waals surface area contributed by atoms with Gasteiger partial charge >= 0.3 is 0 Å². The highest BCUT2D eigenvalue weighted by Crippen LogP contribution is 2.28. The molecule has 100 valence electrons. The lowest BCUT2D eigenvalue weighted by Gasteiger charge is -2.30. The Balaban J connectivity index is 1.87. The van der Waals surface area contributed by atoms with Crippen LogP contribution >= 0.6 is 15.9 Å². The molecule has 0 spiro atoms. The highest BCUT2D eigenvalue weighted by Gasteiger charge is 2.17. The normalized spacial score (nSPS) is 17.8. The van der Waals surface area contributed by atoms with E-state index in [9.17, 15) is 0 Å². The van der Waals surface area contributed by atoms with E-state index in [0.717, 1.165) is 23.4 Å². The number of aromatic nitrogens is 1. The van der Waals surface area contributed by atoms with Crippen molar-refractivity contribution < 1.29 is 0 Å². The van der Waals surface area contributed by atoms with Crippen molar-refractivity contribution in [2.45, 2.75) is 18.9 Å². The number of benzene rings is 1. The molecule has 2 aromatic rings. The molecule has 1 N–H and O–H groups in total. The minimum absolute atomic E-state index is 0.535. The average Bonchev–Trinajstić information content (AvgIpc) is 2.43. The summed E-state index contributed by atoms with van der Waals surface area (Å²) in [4.78, 5) is 6.90. The van der Waals surface area contributed by atoms with Crippen LogP contribution in [0.5, 0.6) is 0 Å². The first kappa shape index (κ1) is 12.9. The van der Waals surface area contributed by atoms with Gasteiger partial charge in [-0.2, -0.15) is 0 Å². The number of nitrogens with one attached hydrogen (secondary N) is 1. The Kier molecular flexibility index (Phi) is 3.71. The van der Waals surface area contributed by atoms with Crippen LogP contribution in [0.25, 0.3) is 10.8 Å². The van der Waals surface area contributed by atoms with Crippen LogP contribution in [0, 0.1) is 0 Å². The Morgan fingerprint density at radius 2 is 2.00 bits per heavy atom. The fourth-order valence-electron chi connectivity index (χ4n) is 2.63. The van der Waals surface area contributed by atoms with Gasteiger partial charge < -0.3 is 10.2 Å². The lowest BCUT2D eigenvalue weighted by atomic mass is 10.1. The zero-order chi connectivity index (χ0) is 13.2. The van der Waals surface area contributed by atoms with Gasteiger partial charge in [0.2, 0.25) is 0 Å². The van der Waals surface area contributed by atoms with Gasteiger partial charge in [0.05, 0.1) is 0 Å². The molecule has 0 bridgehead atoms. The maximum absolute atomic E-state index is 4.52. The minimum atomic E-state index is 0.535. The molecule has 4 heteroatoms. The summed E-state index contributed by atoms with van der Waals surface area (Å²) in [6, 6.07) is 8.85. The lowest BCUT2D eigenvalue weighted by molar-refractivity contribution is 0.264. The summed E-state index contributed by atoms with van der Waals surface area (Å²) in [7, 11) is 2.18. The Morgan fingerprint density at radius 3 is 2.79 bits per heavy atom. The first-order valence-electron chi connectivity index (χ1n) is 6.72. The number of rotatable bonds is 2. The molecule has 0 amide bonds. The monoisotopic (exact) mass is 319 g/mol. The Morgan fingerprint density at radius 1 is 1.21 bits per heavy atom. The fraction of sp³-hybridized carbons (Fsp3) is 0.400. The maximum atomic E-state index is 4.52. The predicted molar refractivity (Wildman–Crippen MR) is 83.6 cm³/mol. The van der Waals surface area contributed by atoms with E-state index >= 15 is 0 Å². The zero-order valence-corrected chi connectivity index (χ0v) is 12.7. The largest absolute Gasteiger partial charge is 0.367 e. The van der Waals surface area contributed by atoms with Crippen LogP contribution in [0.1, 0.15) is 12.8 Å². The SMILES string of the molecule is CN1CCC(Nc2nccc3c(Br)cccc23)CC1. The molecule has 19 heavy (non-hydrogen) atoms. The highest BCUT2D eigenvalue weighted by molar-refractivity contribution is 9.10. The van der Waals surface area contributed by atoms with Crippen LogP contribution in [0.2, 0.25) is 0 Å². The van der Waals surface area contributed by atoms with Crippen LogP contribution in [0.15, 0.2) is 34.9 Å². The van der Waals surface area contributed by atoms with E-state index in [1.54, 1.807) is 0 Å². The van der Waals surface area contributed by atoms with Gasteiger partial charge in [0.1, 0.15) is 5.82 Å². The second-order valence-electron chi connectivity index (χ2n) is 5.22. The van der Waals surface area contributed by atoms with Crippen molar-refractivity contribution in [3.8, 4) is 0 Å². The van der Waals surface area contributed by atoms with Gasteiger partial charge in [-0.05, 0) is 45.1 Å². The number of hydrogen-bond donors (Lipinski definition) is 1. The van der Waals surface area contributed by atoms with E-state index in [2.05, 4.69) is 62.4 Å². The molecule has 1 aliphatic heterocycles. The quantitative estimate of drug-likeness (QED) is 0.918. The molecular formula is C15H18BrN3. The molecule has 1 saturated heterocycles. The van der Waals surface area contributed by atoms with Gasteiger partial charge in [-0.25, -0.2) is 4.98 Å². The molecule has 1 fully saturated rings. The second-order valence-corrected chi connectivity index (χ2v) is 6.07. The molecular weight excluding hydrogens is 302 g/mol. The molecule has 3 rings (SSSR count). The summed E-state index contributed by atoms with van der Waals surface area (Å²) in [5.74, 6) is 1.01. The van der Waals surface area contributed by atoms with Crippen molar-refractivity contribution >= 4 is 32.5 Å². The molecule has 3 nitrogen and oxygen atoms in total. The standard InChI is InChI=1S/C15H18BrN3/c1-19-9-6-11(7-10-19)18-15-13-3-2-4-14(16)12(13)5-8-17-15/h2-5,8,11H,6-7,9-10H2,1H3,(H,17,18). The molecule has 0 aliphatic carbocycles. The summed E-state index contributed by atoms with van der Waals surface area (Å²) in [5, 5.41) is 6.02. The predicted octanol–water partition coefficient (Wildman–Crippen LogP) is 3.50. The van der Waals surface area contributed by atoms with Crippen molar-refractivity contribution in [3.05, 3.63) is 34.9 Å². The van der Waals surface area contributed by atoms with E-state index in [-0.39, 0.29) is 0 Å². The molecule has 0 radical (unpaired) electrons. The molecule has 1 aromatic heterocycles. The first-order chi connectivity index (χ1) is 9.24. The fourth-order valence-corrected chi connectivity index (χ4v) is 3.13. The van der Waals surface area contributed by atoms with Crippen molar-refractivity contribution in [2.24, 2.45) is 0 Å². The smallest absolute Gasteiger partial charge is 0.134 e. The number of anilines is 1. The van der Waals surface area contributed by atoms with Gasteiger partial charge in [-0.1, -0.05) is 28.1 Å². The molecule has 0 unspecified atom stereocenters. The van der Waals surface area contributed by atoms with Crippen molar-refractivity contribution in [2.75, 3.05) is 25.5 Å². The summed E-state index contributed by atoms with van der Waals surface area (Å²) in [6.45, 7) is 2.32. The third kappa shape index (κ3) is 2.74. The minimum Gasteiger partial charge on any atom is -0.367 e. The summed E-state index contributed by atoms with van der Waals surface area (Å²) < 4.78 is 1.12. The Hall–Kier alpha value is -1.13. The van der Waals surface area contributed by atoms with Gasteiger partial charge in [0.25, 0.3) is 0 Å². The Bertz CT molecular complexity index is 577. The van der Waals surface area contributed by atoms with Gasteiger partial charge in [0.15, 0.2) is 0 Å². The maximum Gasteiger partial charge on any atom is 0.134 e. The topological polar surface area (TPSA) is 28.2 Å². The summed E-state index contributed by atoms with van der Waals surface area (Å²) >= 11 is 3.60. The highest BCUT2D eigenvalue weighted by atomic mass is 79.9. The van der Waals surface area contributed by atoms with E-state index in [4.69, 9.17) is 0 Å². The van der Waals surface area contributed by atoms with Gasteiger partial charge in [-0.3, -0.25) is 0 Å². The summed E-state index contributed by atoms with van der Waals surface area (Å²) in [5.41, 5.74) is 0. The van der Waals surface area contributed by atoms with Crippen molar-refractivity contribution in [1.82, 2.24) is 9.88 Å². The number of pyridine rings is 1. The first-order valence-corrected chi connectivity index (χ1v) is 7.51. The molecule has 1 aromatic carbocycles. The van der Waals surface area contributed by atoms with E-state index in [0.29, 0.717) is 6.04 Å². The number of piperidine rings is 1. The van der Waals surface area contributed by atoms with Gasteiger partial charge in [-0.15, -0.1) is 0 Å². The van der Waals surface area contributed by atoms with Gasteiger partial charge in [0, 0.05) is 27.5 Å². The molecule has 0 atom stereocenters. The number of nitrogens with zero attached hydrogens (tertiary/aromatic N) is 2. The van der Waals surface area contributed by atoms with Crippen LogP contribution in [-0.4, -0.2) is 36.1 Å². The molecule has 2 heterocycles. The Labute approximate surface area is 122 Å². The van der Waals surface area contributed by atoms with E-state index in [1.807, 2.05) is 6.20 Å². The third-order valence-corrected chi connectivity index (χ3v) is 4.50. The number of likely N-dealkylation sites (tertiary alicyclic amines) is 1. The van der Waals surface area contributed by atoms with Crippen LogP contribution in [0.3, 0.4) is 0 Å². The number of halogens is 1. The van der Waals surface area contributed by atoms with Crippen LogP contribution < -0.4 is 5.32 Å². The summed E-state index contributed by atoms with van der Waals surface area (Å²) in [6.07, 6.45) is 4.25. The van der Waals surface area contributed by atoms with Crippen LogP contribution in [0.4, 0.5) is 5.82 Å². The third-order valence-electron chi connectivity index (χ3n) is 3.81. The second kappa shape index (κ2) is 5.47.